The maximum absolute atomic E-state index is 9.05. The number of methoxy groups -OCH3 is 1. The standard InChI is InChI=1S/C13H20ClNO2/c1-13(6-7-16,10-17-2)15-9-11-4-3-5-12(14)8-11/h3-5,8,15-16H,6-7,9-10H2,1-2H3. The van der Waals surface area contributed by atoms with E-state index in [9.17, 15) is 0 Å². The number of rotatable bonds is 7. The number of aliphatic hydroxyl groups is 1. The molecule has 0 saturated carbocycles. The fraction of sp³-hybridized carbons (Fsp3) is 0.538. The second-order valence-electron chi connectivity index (χ2n) is 4.45. The first-order valence-corrected chi connectivity index (χ1v) is 6.07. The first kappa shape index (κ1) is 14.5. The lowest BCUT2D eigenvalue weighted by atomic mass is 9.99. The van der Waals surface area contributed by atoms with Gasteiger partial charge in [-0.15, -0.1) is 0 Å². The van der Waals surface area contributed by atoms with Crippen LogP contribution in [0.4, 0.5) is 0 Å². The number of ether oxygens (including phenoxy) is 1. The summed E-state index contributed by atoms with van der Waals surface area (Å²) in [7, 11) is 1.66. The molecule has 2 N–H and O–H groups in total. The molecule has 0 spiro atoms. The Hall–Kier alpha value is -0.610. The lowest BCUT2D eigenvalue weighted by molar-refractivity contribution is 0.0970. The van der Waals surface area contributed by atoms with E-state index >= 15 is 0 Å². The van der Waals surface area contributed by atoms with Crippen molar-refractivity contribution in [2.24, 2.45) is 0 Å². The predicted octanol–water partition coefficient (Wildman–Crippen LogP) is 2.22. The highest BCUT2D eigenvalue weighted by Crippen LogP contribution is 2.14. The van der Waals surface area contributed by atoms with Gasteiger partial charge in [0.1, 0.15) is 0 Å². The molecule has 0 fully saturated rings. The molecular weight excluding hydrogens is 238 g/mol. The molecule has 0 aliphatic carbocycles. The minimum atomic E-state index is -0.216. The van der Waals surface area contributed by atoms with Crippen molar-refractivity contribution in [2.45, 2.75) is 25.4 Å². The van der Waals surface area contributed by atoms with E-state index in [2.05, 4.69) is 5.32 Å². The lowest BCUT2D eigenvalue weighted by Gasteiger charge is -2.29. The molecule has 1 rings (SSSR count). The molecule has 17 heavy (non-hydrogen) atoms. The molecule has 1 unspecified atom stereocenters. The zero-order chi connectivity index (χ0) is 12.7. The molecule has 1 atom stereocenters. The molecule has 4 heteroatoms. The molecule has 1 aromatic rings. The molecule has 0 saturated heterocycles. The van der Waals surface area contributed by atoms with Crippen molar-refractivity contribution in [1.82, 2.24) is 5.32 Å². The number of hydrogen-bond acceptors (Lipinski definition) is 3. The number of nitrogens with one attached hydrogen (secondary N) is 1. The average molecular weight is 258 g/mol. The first-order chi connectivity index (χ1) is 8.09. The number of benzene rings is 1. The van der Waals surface area contributed by atoms with Crippen LogP contribution in [-0.4, -0.2) is 31.0 Å². The van der Waals surface area contributed by atoms with Gasteiger partial charge in [0, 0.05) is 30.8 Å². The van der Waals surface area contributed by atoms with Crippen LogP contribution in [0.25, 0.3) is 0 Å². The minimum absolute atomic E-state index is 0.141. The van der Waals surface area contributed by atoms with E-state index in [0.29, 0.717) is 19.6 Å². The van der Waals surface area contributed by atoms with E-state index in [1.54, 1.807) is 7.11 Å². The Labute approximate surface area is 108 Å². The van der Waals surface area contributed by atoms with Gasteiger partial charge in [0.15, 0.2) is 0 Å². The topological polar surface area (TPSA) is 41.5 Å². The van der Waals surface area contributed by atoms with Crippen LogP contribution in [0, 0.1) is 0 Å². The smallest absolute Gasteiger partial charge is 0.0642 e. The molecule has 3 nitrogen and oxygen atoms in total. The Bertz CT molecular complexity index is 338. The van der Waals surface area contributed by atoms with E-state index < -0.39 is 0 Å². The van der Waals surface area contributed by atoms with Crippen molar-refractivity contribution in [3.8, 4) is 0 Å². The first-order valence-electron chi connectivity index (χ1n) is 5.69. The summed E-state index contributed by atoms with van der Waals surface area (Å²) in [6.45, 7) is 3.45. The number of aliphatic hydroxyl groups excluding tert-OH is 1. The maximum atomic E-state index is 9.05. The lowest BCUT2D eigenvalue weighted by Crippen LogP contribution is -2.46. The molecule has 0 heterocycles. The van der Waals surface area contributed by atoms with Crippen LogP contribution in [0.1, 0.15) is 18.9 Å². The van der Waals surface area contributed by atoms with Gasteiger partial charge in [0.05, 0.1) is 6.61 Å². The van der Waals surface area contributed by atoms with Crippen LogP contribution in [0.3, 0.4) is 0 Å². The predicted molar refractivity (Wildman–Crippen MR) is 70.3 cm³/mol. The van der Waals surface area contributed by atoms with Crippen molar-refractivity contribution in [3.05, 3.63) is 34.9 Å². The van der Waals surface area contributed by atoms with Crippen LogP contribution in [0.5, 0.6) is 0 Å². The summed E-state index contributed by atoms with van der Waals surface area (Å²) in [6, 6.07) is 7.73. The fourth-order valence-corrected chi connectivity index (χ4v) is 1.95. The Balaban J connectivity index is 2.57. The Morgan fingerprint density at radius 1 is 1.47 bits per heavy atom. The van der Waals surface area contributed by atoms with Crippen molar-refractivity contribution in [1.29, 1.82) is 0 Å². The van der Waals surface area contributed by atoms with Gasteiger partial charge in [-0.1, -0.05) is 23.7 Å². The van der Waals surface area contributed by atoms with Crippen LogP contribution >= 0.6 is 11.6 Å². The molecule has 0 bridgehead atoms. The quantitative estimate of drug-likeness (QED) is 0.787. The monoisotopic (exact) mass is 257 g/mol. The SMILES string of the molecule is COCC(C)(CCO)NCc1cccc(Cl)c1. The molecule has 0 amide bonds. The Kier molecular flexibility index (Phi) is 5.92. The van der Waals surface area contributed by atoms with Gasteiger partial charge in [-0.3, -0.25) is 0 Å². The third-order valence-electron chi connectivity index (χ3n) is 2.73. The highest BCUT2D eigenvalue weighted by atomic mass is 35.5. The van der Waals surface area contributed by atoms with Gasteiger partial charge >= 0.3 is 0 Å². The summed E-state index contributed by atoms with van der Waals surface area (Å²) in [4.78, 5) is 0. The number of hydrogen-bond donors (Lipinski definition) is 2. The van der Waals surface area contributed by atoms with Crippen LogP contribution in [0.2, 0.25) is 5.02 Å². The van der Waals surface area contributed by atoms with Gasteiger partial charge in [0.25, 0.3) is 0 Å². The Morgan fingerprint density at radius 3 is 2.82 bits per heavy atom. The van der Waals surface area contributed by atoms with E-state index in [0.717, 1.165) is 10.6 Å². The van der Waals surface area contributed by atoms with Crippen LogP contribution in [0.15, 0.2) is 24.3 Å². The summed E-state index contributed by atoms with van der Waals surface area (Å²) in [5.74, 6) is 0. The van der Waals surface area contributed by atoms with Crippen molar-refractivity contribution in [3.63, 3.8) is 0 Å². The highest BCUT2D eigenvalue weighted by molar-refractivity contribution is 6.30. The summed E-state index contributed by atoms with van der Waals surface area (Å²) in [5, 5.41) is 13.2. The van der Waals surface area contributed by atoms with Gasteiger partial charge in [0.2, 0.25) is 0 Å². The fourth-order valence-electron chi connectivity index (χ4n) is 1.74. The zero-order valence-corrected chi connectivity index (χ0v) is 11.1. The number of halogens is 1. The summed E-state index contributed by atoms with van der Waals surface area (Å²) >= 11 is 5.92. The van der Waals surface area contributed by atoms with Crippen molar-refractivity contribution >= 4 is 11.6 Å². The summed E-state index contributed by atoms with van der Waals surface area (Å²) in [5.41, 5.74) is 0.906. The zero-order valence-electron chi connectivity index (χ0n) is 10.4. The molecular formula is C13H20ClNO2. The molecule has 0 aromatic heterocycles. The molecule has 96 valence electrons. The van der Waals surface area contributed by atoms with Crippen LogP contribution in [-0.2, 0) is 11.3 Å². The molecule has 0 aliphatic rings. The largest absolute Gasteiger partial charge is 0.396 e. The van der Waals surface area contributed by atoms with E-state index in [1.807, 2.05) is 31.2 Å². The molecule has 0 aliphatic heterocycles. The second kappa shape index (κ2) is 6.97. The minimum Gasteiger partial charge on any atom is -0.396 e. The second-order valence-corrected chi connectivity index (χ2v) is 4.89. The third kappa shape index (κ3) is 5.04. The van der Waals surface area contributed by atoms with Gasteiger partial charge < -0.3 is 15.2 Å². The highest BCUT2D eigenvalue weighted by Gasteiger charge is 2.22. The molecule has 0 radical (unpaired) electrons. The van der Waals surface area contributed by atoms with E-state index in [1.165, 1.54) is 0 Å². The van der Waals surface area contributed by atoms with Crippen molar-refractivity contribution in [2.75, 3.05) is 20.3 Å². The molecule has 1 aromatic carbocycles. The summed E-state index contributed by atoms with van der Waals surface area (Å²) < 4.78 is 5.17. The van der Waals surface area contributed by atoms with Gasteiger partial charge in [-0.25, -0.2) is 0 Å². The third-order valence-corrected chi connectivity index (χ3v) is 2.97. The maximum Gasteiger partial charge on any atom is 0.0642 e. The summed E-state index contributed by atoms with van der Waals surface area (Å²) in [6.07, 6.45) is 0.654. The Morgan fingerprint density at radius 2 is 2.24 bits per heavy atom. The van der Waals surface area contributed by atoms with E-state index in [-0.39, 0.29) is 12.1 Å². The average Bonchev–Trinajstić information content (AvgIpc) is 2.27. The van der Waals surface area contributed by atoms with Crippen LogP contribution < -0.4 is 5.32 Å². The van der Waals surface area contributed by atoms with E-state index in [4.69, 9.17) is 21.4 Å². The normalized spacial score (nSPS) is 14.6. The van der Waals surface area contributed by atoms with Gasteiger partial charge in [-0.2, -0.15) is 0 Å². The van der Waals surface area contributed by atoms with Crippen molar-refractivity contribution < 1.29 is 9.84 Å². The van der Waals surface area contributed by atoms with Gasteiger partial charge in [-0.05, 0) is 31.0 Å².